The van der Waals surface area contributed by atoms with Gasteiger partial charge in [-0.15, -0.1) is 0 Å². The molecule has 1 amide bonds. The van der Waals surface area contributed by atoms with E-state index in [4.69, 9.17) is 9.52 Å². The molecular weight excluding hydrogens is 398 g/mol. The summed E-state index contributed by atoms with van der Waals surface area (Å²) < 4.78 is 5.30. The summed E-state index contributed by atoms with van der Waals surface area (Å²) in [6.45, 7) is 5.45. The van der Waals surface area contributed by atoms with Crippen LogP contribution in [-0.2, 0) is 6.42 Å². The average Bonchev–Trinajstić information content (AvgIpc) is 2.72. The molecule has 1 unspecified atom stereocenters. The highest BCUT2D eigenvalue weighted by Crippen LogP contribution is 2.26. The number of amides is 1. The van der Waals surface area contributed by atoms with Gasteiger partial charge in [-0.05, 0) is 49.0 Å². The maximum Gasteiger partial charge on any atom is 0.408 e. The van der Waals surface area contributed by atoms with E-state index in [0.29, 0.717) is 18.4 Å². The van der Waals surface area contributed by atoms with Crippen LogP contribution in [0.25, 0.3) is 6.08 Å². The Morgan fingerprint density at radius 1 is 1.23 bits per heavy atom. The number of ketones is 1. The fraction of sp³-hybridized carbons (Fsp3) is 0.292. The Kier molecular flexibility index (Phi) is 8.37. The number of aryl methyl sites for hydroxylation is 1. The van der Waals surface area contributed by atoms with Gasteiger partial charge < -0.3 is 14.6 Å². The summed E-state index contributed by atoms with van der Waals surface area (Å²) in [7, 11) is 0. The molecule has 3 N–H and O–H groups in total. The molecule has 164 valence electrons. The second kappa shape index (κ2) is 11.0. The molecule has 7 heteroatoms. The molecule has 0 bridgehead atoms. The van der Waals surface area contributed by atoms with E-state index in [0.717, 1.165) is 12.0 Å². The molecule has 0 spiro atoms. The number of hydrogen-bond donors (Lipinski definition) is 3. The molecule has 1 aromatic carbocycles. The van der Waals surface area contributed by atoms with Gasteiger partial charge in [0.15, 0.2) is 5.78 Å². The number of carbonyl (C=O) groups excluding carboxylic acids is 1. The minimum Gasteiger partial charge on any atom is -0.507 e. The third-order valence-electron chi connectivity index (χ3n) is 4.88. The van der Waals surface area contributed by atoms with Crippen LogP contribution in [0.1, 0.15) is 66.8 Å². The van der Waals surface area contributed by atoms with Crippen molar-refractivity contribution in [3.8, 4) is 5.75 Å². The van der Waals surface area contributed by atoms with E-state index in [1.807, 2.05) is 31.2 Å². The summed E-state index contributed by atoms with van der Waals surface area (Å²) in [4.78, 5) is 35.6. The van der Waals surface area contributed by atoms with Gasteiger partial charge in [0.2, 0.25) is 0 Å². The van der Waals surface area contributed by atoms with Gasteiger partial charge in [0.1, 0.15) is 17.1 Å². The lowest BCUT2D eigenvalue weighted by molar-refractivity contribution is 0.102. The summed E-state index contributed by atoms with van der Waals surface area (Å²) in [6.07, 6.45) is 5.47. The van der Waals surface area contributed by atoms with Crippen molar-refractivity contribution < 1.29 is 24.2 Å². The molecule has 1 heterocycles. The zero-order valence-electron chi connectivity index (χ0n) is 17.8. The number of allylic oxidation sites excluding steroid dienone is 2. The molecule has 1 atom stereocenters. The number of carbonyl (C=O) groups is 2. The van der Waals surface area contributed by atoms with Gasteiger partial charge in [-0.25, -0.2) is 9.59 Å². The quantitative estimate of drug-likeness (QED) is 0.390. The monoisotopic (exact) mass is 425 g/mol. The Morgan fingerprint density at radius 2 is 1.90 bits per heavy atom. The molecule has 0 saturated heterocycles. The van der Waals surface area contributed by atoms with E-state index < -0.39 is 23.3 Å². The molecule has 2 rings (SSSR count). The van der Waals surface area contributed by atoms with Crippen molar-refractivity contribution >= 4 is 18.0 Å². The van der Waals surface area contributed by atoms with Crippen LogP contribution in [0.15, 0.2) is 57.4 Å². The number of benzene rings is 1. The number of hydrogen-bond acceptors (Lipinski definition) is 5. The van der Waals surface area contributed by atoms with Gasteiger partial charge in [0, 0.05) is 18.2 Å². The second-order valence-electron chi connectivity index (χ2n) is 7.28. The molecule has 0 aliphatic heterocycles. The van der Waals surface area contributed by atoms with Crippen LogP contribution >= 0.6 is 0 Å². The molecule has 0 saturated carbocycles. The van der Waals surface area contributed by atoms with Crippen LogP contribution in [0.5, 0.6) is 5.75 Å². The highest BCUT2D eigenvalue weighted by molar-refractivity contribution is 6.12. The molecule has 1 aromatic heterocycles. The Hall–Kier alpha value is -3.61. The SMILES string of the molecule is CCc1ccc(/C=C(\C)C(=O)c2c(O)cc(C(C)CCC=CNC(=O)O)oc2=O)cc1. The zero-order valence-corrected chi connectivity index (χ0v) is 17.8. The summed E-state index contributed by atoms with van der Waals surface area (Å²) in [5, 5.41) is 21.0. The van der Waals surface area contributed by atoms with E-state index in [1.54, 1.807) is 19.1 Å². The second-order valence-corrected chi connectivity index (χ2v) is 7.28. The highest BCUT2D eigenvalue weighted by Gasteiger charge is 2.22. The van der Waals surface area contributed by atoms with Crippen molar-refractivity contribution in [3.05, 3.63) is 81.1 Å². The normalized spacial score (nSPS) is 12.7. The standard InChI is InChI=1S/C24H27NO6/c1-4-17-8-10-18(11-9-17)13-16(3)22(27)21-19(26)14-20(31-23(21)28)15(2)7-5-6-12-25-24(29)30/h6,8-15,25-26H,4-5,7H2,1-3H3,(H,29,30)/b12-6?,16-13+. The Bertz CT molecular complexity index is 1050. The number of nitrogens with one attached hydrogen (secondary N) is 1. The van der Waals surface area contributed by atoms with E-state index in [1.165, 1.54) is 17.8 Å². The maximum atomic E-state index is 12.7. The summed E-state index contributed by atoms with van der Waals surface area (Å²) in [6, 6.07) is 9.02. The first-order valence-corrected chi connectivity index (χ1v) is 10.1. The summed E-state index contributed by atoms with van der Waals surface area (Å²) in [5.74, 6) is -0.964. The van der Waals surface area contributed by atoms with E-state index in [-0.39, 0.29) is 17.2 Å². The third-order valence-corrected chi connectivity index (χ3v) is 4.88. The maximum absolute atomic E-state index is 12.7. The van der Waals surface area contributed by atoms with Gasteiger partial charge in [-0.1, -0.05) is 44.2 Å². The van der Waals surface area contributed by atoms with E-state index in [9.17, 15) is 19.5 Å². The third kappa shape index (κ3) is 6.70. The Morgan fingerprint density at radius 3 is 2.48 bits per heavy atom. The molecule has 0 aliphatic rings. The molecule has 0 aliphatic carbocycles. The fourth-order valence-corrected chi connectivity index (χ4v) is 3.02. The first-order valence-electron chi connectivity index (χ1n) is 10.1. The number of rotatable bonds is 9. The van der Waals surface area contributed by atoms with Gasteiger partial charge >= 0.3 is 11.7 Å². The van der Waals surface area contributed by atoms with Crippen molar-refractivity contribution in [2.75, 3.05) is 0 Å². The van der Waals surface area contributed by atoms with Crippen molar-refractivity contribution in [2.45, 2.75) is 46.0 Å². The van der Waals surface area contributed by atoms with Crippen molar-refractivity contribution in [1.29, 1.82) is 0 Å². The predicted octanol–water partition coefficient (Wildman–Crippen LogP) is 4.86. The molecule has 7 nitrogen and oxygen atoms in total. The predicted molar refractivity (Wildman–Crippen MR) is 118 cm³/mol. The van der Waals surface area contributed by atoms with Gasteiger partial charge in [0.05, 0.1) is 0 Å². The van der Waals surface area contributed by atoms with Crippen LogP contribution in [0, 0.1) is 0 Å². The average molecular weight is 425 g/mol. The molecule has 0 fully saturated rings. The number of Topliss-reactive ketones (excluding diaryl/α,β-unsaturated/α-hetero) is 1. The zero-order chi connectivity index (χ0) is 23.0. The fourth-order valence-electron chi connectivity index (χ4n) is 3.02. The van der Waals surface area contributed by atoms with Crippen LogP contribution < -0.4 is 10.9 Å². The molecule has 0 radical (unpaired) electrons. The Labute approximate surface area is 180 Å². The van der Waals surface area contributed by atoms with Crippen LogP contribution in [0.2, 0.25) is 0 Å². The lowest BCUT2D eigenvalue weighted by atomic mass is 9.99. The summed E-state index contributed by atoms with van der Waals surface area (Å²) in [5.41, 5.74) is 1.04. The van der Waals surface area contributed by atoms with Gasteiger partial charge in [-0.2, -0.15) is 0 Å². The number of carboxylic acid groups (broad SMARTS) is 1. The first-order chi connectivity index (χ1) is 14.7. The minimum absolute atomic E-state index is 0.217. The van der Waals surface area contributed by atoms with Crippen LogP contribution in [0.4, 0.5) is 4.79 Å². The topological polar surface area (TPSA) is 117 Å². The molecular formula is C24H27NO6. The molecule has 31 heavy (non-hydrogen) atoms. The van der Waals surface area contributed by atoms with Crippen molar-refractivity contribution in [1.82, 2.24) is 5.32 Å². The largest absolute Gasteiger partial charge is 0.507 e. The van der Waals surface area contributed by atoms with Crippen molar-refractivity contribution in [3.63, 3.8) is 0 Å². The summed E-state index contributed by atoms with van der Waals surface area (Å²) >= 11 is 0. The van der Waals surface area contributed by atoms with Crippen LogP contribution in [-0.4, -0.2) is 22.1 Å². The lowest BCUT2D eigenvalue weighted by Gasteiger charge is -2.11. The van der Waals surface area contributed by atoms with E-state index in [2.05, 4.69) is 12.2 Å². The van der Waals surface area contributed by atoms with Crippen LogP contribution in [0.3, 0.4) is 0 Å². The lowest BCUT2D eigenvalue weighted by Crippen LogP contribution is -2.16. The smallest absolute Gasteiger partial charge is 0.408 e. The van der Waals surface area contributed by atoms with Crippen molar-refractivity contribution in [2.24, 2.45) is 0 Å². The van der Waals surface area contributed by atoms with Gasteiger partial charge in [-0.3, -0.25) is 10.1 Å². The highest BCUT2D eigenvalue weighted by atomic mass is 16.4. The number of aromatic hydroxyl groups is 1. The first kappa shape index (κ1) is 23.7. The minimum atomic E-state index is -1.15. The Balaban J connectivity index is 2.15. The van der Waals surface area contributed by atoms with E-state index >= 15 is 0 Å². The van der Waals surface area contributed by atoms with Gasteiger partial charge in [0.25, 0.3) is 0 Å². The molecule has 2 aromatic rings.